The van der Waals surface area contributed by atoms with Gasteiger partial charge in [0.05, 0.1) is 6.61 Å². The average molecular weight is 276 g/mol. The van der Waals surface area contributed by atoms with Crippen LogP contribution in [-0.4, -0.2) is 17.3 Å². The summed E-state index contributed by atoms with van der Waals surface area (Å²) in [5.74, 6) is 2.69. The van der Waals surface area contributed by atoms with E-state index in [1.807, 2.05) is 18.2 Å². The summed E-state index contributed by atoms with van der Waals surface area (Å²) in [5.41, 5.74) is 1.21. The highest BCUT2D eigenvalue weighted by atomic mass is 32.2. The molecule has 0 fully saturated rings. The van der Waals surface area contributed by atoms with Crippen molar-refractivity contribution < 1.29 is 9.84 Å². The van der Waals surface area contributed by atoms with E-state index in [-0.39, 0.29) is 5.19 Å². The van der Waals surface area contributed by atoms with Crippen molar-refractivity contribution >= 4 is 23.1 Å². The Morgan fingerprint density at radius 2 is 2.22 bits per heavy atom. The summed E-state index contributed by atoms with van der Waals surface area (Å²) < 4.78 is 5.81. The van der Waals surface area contributed by atoms with Crippen LogP contribution in [-0.2, 0) is 0 Å². The van der Waals surface area contributed by atoms with Crippen LogP contribution in [0.15, 0.2) is 29.3 Å². The van der Waals surface area contributed by atoms with E-state index in [1.165, 1.54) is 16.9 Å². The number of thioether (sulfide) groups is 1. The largest absolute Gasteiger partial charge is 0.851 e. The summed E-state index contributed by atoms with van der Waals surface area (Å²) in [5, 5.41) is 12.4. The van der Waals surface area contributed by atoms with Crippen LogP contribution in [0.3, 0.4) is 0 Å². The Labute approximate surface area is 113 Å². The number of hydrogen-bond donors (Lipinski definition) is 0. The summed E-state index contributed by atoms with van der Waals surface area (Å²) in [6.45, 7) is 0.736. The van der Waals surface area contributed by atoms with Crippen molar-refractivity contribution in [2.75, 3.05) is 12.4 Å². The molecule has 92 valence electrons. The van der Waals surface area contributed by atoms with Crippen LogP contribution < -0.4 is 9.84 Å². The van der Waals surface area contributed by atoms with Crippen LogP contribution in [0.4, 0.5) is 0 Å². The fraction of sp³-hybridized carbons (Fsp3) is 0.308. The third kappa shape index (κ3) is 1.47. The molecular formula is C13H10NO2S2-. The Balaban J connectivity index is 1.91. The molecule has 2 aliphatic rings. The number of aromatic nitrogens is 1. The van der Waals surface area contributed by atoms with Crippen molar-refractivity contribution in [1.29, 1.82) is 0 Å². The van der Waals surface area contributed by atoms with Gasteiger partial charge in [-0.05, 0) is 6.07 Å². The molecule has 0 saturated heterocycles. The molecule has 1 aromatic carbocycles. The normalized spacial score (nSPS) is 24.7. The van der Waals surface area contributed by atoms with Crippen molar-refractivity contribution in [2.24, 2.45) is 5.92 Å². The first-order chi connectivity index (χ1) is 8.83. The van der Waals surface area contributed by atoms with E-state index in [9.17, 15) is 5.11 Å². The molecule has 3 heterocycles. The average Bonchev–Trinajstić information content (AvgIpc) is 2.78. The maximum atomic E-state index is 11.5. The molecule has 0 unspecified atom stereocenters. The topological polar surface area (TPSA) is 45.2 Å². The number of benzene rings is 1. The molecular weight excluding hydrogens is 266 g/mol. The van der Waals surface area contributed by atoms with Crippen molar-refractivity contribution in [3.63, 3.8) is 0 Å². The van der Waals surface area contributed by atoms with Crippen molar-refractivity contribution in [2.45, 2.75) is 10.9 Å². The summed E-state index contributed by atoms with van der Waals surface area (Å²) in [7, 11) is 0. The van der Waals surface area contributed by atoms with Crippen LogP contribution in [0.1, 0.15) is 16.4 Å². The van der Waals surface area contributed by atoms with E-state index in [1.54, 1.807) is 11.8 Å². The molecule has 0 amide bonds. The Kier molecular flexibility index (Phi) is 2.32. The molecule has 0 aliphatic carbocycles. The Hall–Kier alpha value is -1.20. The van der Waals surface area contributed by atoms with Gasteiger partial charge in [0.1, 0.15) is 10.8 Å². The maximum absolute atomic E-state index is 11.5. The van der Waals surface area contributed by atoms with E-state index in [2.05, 4.69) is 11.1 Å². The predicted octanol–water partition coefficient (Wildman–Crippen LogP) is 2.46. The lowest BCUT2D eigenvalue weighted by atomic mass is 9.84. The van der Waals surface area contributed by atoms with E-state index in [0.717, 1.165) is 28.0 Å². The summed E-state index contributed by atoms with van der Waals surface area (Å²) in [6.07, 6.45) is 0. The minimum absolute atomic E-state index is 0.0721. The van der Waals surface area contributed by atoms with Crippen LogP contribution in [0, 0.1) is 5.92 Å². The van der Waals surface area contributed by atoms with Gasteiger partial charge in [0, 0.05) is 33.2 Å². The smallest absolute Gasteiger partial charge is 0.123 e. The lowest BCUT2D eigenvalue weighted by Crippen LogP contribution is -2.30. The Morgan fingerprint density at radius 3 is 3.17 bits per heavy atom. The highest BCUT2D eigenvalue weighted by molar-refractivity contribution is 7.99. The van der Waals surface area contributed by atoms with Gasteiger partial charge >= 0.3 is 0 Å². The van der Waals surface area contributed by atoms with Gasteiger partial charge in [-0.15, -0.1) is 23.1 Å². The molecule has 18 heavy (non-hydrogen) atoms. The van der Waals surface area contributed by atoms with E-state index >= 15 is 0 Å². The van der Waals surface area contributed by atoms with Gasteiger partial charge in [-0.25, -0.2) is 4.98 Å². The number of rotatable bonds is 0. The van der Waals surface area contributed by atoms with Gasteiger partial charge in [0.2, 0.25) is 0 Å². The fourth-order valence-electron chi connectivity index (χ4n) is 2.70. The standard InChI is InChI=1S/C13H11NO2S2/c15-13-14-12-11(18-13)10-7(6-17-12)5-16-9-4-2-1-3-8(9)10/h1-4,7,10H,5-6H2,(H,14,15)/p-1/t7-,10+/m1/s1. The number of nitrogens with zero attached hydrogens (tertiary/aromatic N) is 1. The lowest BCUT2D eigenvalue weighted by molar-refractivity contribution is -0.268. The molecule has 2 atom stereocenters. The number of hydrogen-bond acceptors (Lipinski definition) is 5. The van der Waals surface area contributed by atoms with E-state index in [0.29, 0.717) is 11.8 Å². The van der Waals surface area contributed by atoms with Gasteiger partial charge in [-0.1, -0.05) is 18.2 Å². The maximum Gasteiger partial charge on any atom is 0.123 e. The zero-order chi connectivity index (χ0) is 12.1. The minimum Gasteiger partial charge on any atom is -0.851 e. The lowest BCUT2D eigenvalue weighted by Gasteiger charge is -2.35. The number of para-hydroxylation sites is 1. The first-order valence-electron chi connectivity index (χ1n) is 5.85. The van der Waals surface area contributed by atoms with Gasteiger partial charge in [-0.2, -0.15) is 0 Å². The van der Waals surface area contributed by atoms with Crippen molar-refractivity contribution in [3.8, 4) is 10.9 Å². The minimum atomic E-state index is -0.0721. The Morgan fingerprint density at radius 1 is 1.33 bits per heavy atom. The number of fused-ring (bicyclic) bond motifs is 5. The molecule has 1 aromatic heterocycles. The zero-order valence-corrected chi connectivity index (χ0v) is 11.1. The van der Waals surface area contributed by atoms with E-state index in [4.69, 9.17) is 4.74 Å². The third-order valence-electron chi connectivity index (χ3n) is 3.50. The van der Waals surface area contributed by atoms with Gasteiger partial charge in [-0.3, -0.25) is 0 Å². The molecule has 2 aromatic rings. The van der Waals surface area contributed by atoms with Crippen LogP contribution in [0.2, 0.25) is 0 Å². The number of ether oxygens (including phenoxy) is 1. The highest BCUT2D eigenvalue weighted by Crippen LogP contribution is 2.51. The molecule has 5 heteroatoms. The second-order valence-corrected chi connectivity index (χ2v) is 6.55. The van der Waals surface area contributed by atoms with Gasteiger partial charge < -0.3 is 9.84 Å². The second-order valence-electron chi connectivity index (χ2n) is 4.55. The Bertz CT molecular complexity index is 611. The molecule has 0 saturated carbocycles. The first kappa shape index (κ1) is 10.7. The van der Waals surface area contributed by atoms with Crippen LogP contribution in [0.5, 0.6) is 10.9 Å². The van der Waals surface area contributed by atoms with Crippen molar-refractivity contribution in [3.05, 3.63) is 34.7 Å². The third-order valence-corrected chi connectivity index (χ3v) is 5.74. The summed E-state index contributed by atoms with van der Waals surface area (Å²) in [4.78, 5) is 5.24. The van der Waals surface area contributed by atoms with Crippen LogP contribution >= 0.6 is 23.1 Å². The molecule has 0 bridgehead atoms. The molecule has 3 nitrogen and oxygen atoms in total. The zero-order valence-electron chi connectivity index (χ0n) is 9.46. The molecule has 0 spiro atoms. The molecule has 2 aliphatic heterocycles. The summed E-state index contributed by atoms with van der Waals surface area (Å²) >= 11 is 2.99. The van der Waals surface area contributed by atoms with E-state index < -0.39 is 0 Å². The highest BCUT2D eigenvalue weighted by Gasteiger charge is 2.38. The number of thiazole rings is 1. The molecule has 4 rings (SSSR count). The summed E-state index contributed by atoms with van der Waals surface area (Å²) in [6, 6.07) is 8.14. The first-order valence-corrected chi connectivity index (χ1v) is 7.65. The SMILES string of the molecule is [O-]c1nc2c(s1)[C@@H]1c3ccccc3OC[C@@H]1CS2. The monoisotopic (exact) mass is 276 g/mol. The quantitative estimate of drug-likeness (QED) is 0.741. The van der Waals surface area contributed by atoms with Crippen LogP contribution in [0.25, 0.3) is 0 Å². The van der Waals surface area contributed by atoms with Crippen molar-refractivity contribution in [1.82, 2.24) is 4.98 Å². The molecule has 0 radical (unpaired) electrons. The second kappa shape index (κ2) is 3.90. The van der Waals surface area contributed by atoms with Gasteiger partial charge in [0.15, 0.2) is 0 Å². The predicted molar refractivity (Wildman–Crippen MR) is 69.6 cm³/mol. The molecule has 0 N–H and O–H groups in total. The van der Waals surface area contributed by atoms with Gasteiger partial charge in [0.25, 0.3) is 0 Å². The fourth-order valence-corrected chi connectivity index (χ4v) is 5.04.